The van der Waals surface area contributed by atoms with Crippen LogP contribution in [0.5, 0.6) is 5.75 Å². The predicted octanol–water partition coefficient (Wildman–Crippen LogP) is 5.30. The van der Waals surface area contributed by atoms with Gasteiger partial charge in [0, 0.05) is 49.1 Å². The number of nitrogens with zero attached hydrogens (tertiary/aromatic N) is 5. The van der Waals surface area contributed by atoms with Crippen molar-refractivity contribution in [1.82, 2.24) is 24.4 Å². The summed E-state index contributed by atoms with van der Waals surface area (Å²) in [7, 11) is 0. The third-order valence-corrected chi connectivity index (χ3v) is 7.74. The van der Waals surface area contributed by atoms with Gasteiger partial charge in [-0.3, -0.25) is 19.2 Å². The number of rotatable bonds is 8. The number of ether oxygens (including phenoxy) is 2. The van der Waals surface area contributed by atoms with Crippen LogP contribution in [0.1, 0.15) is 36.0 Å². The molecule has 4 heterocycles. The molecule has 0 unspecified atom stereocenters. The maximum absolute atomic E-state index is 13.6. The number of halogens is 3. The van der Waals surface area contributed by atoms with Crippen molar-refractivity contribution in [3.05, 3.63) is 66.5 Å². The van der Waals surface area contributed by atoms with E-state index in [0.29, 0.717) is 40.2 Å². The molecule has 8 nitrogen and oxygen atoms in total. The summed E-state index contributed by atoms with van der Waals surface area (Å²) in [6.07, 6.45) is 8.97. The fourth-order valence-corrected chi connectivity index (χ4v) is 5.90. The fourth-order valence-electron chi connectivity index (χ4n) is 5.90. The van der Waals surface area contributed by atoms with E-state index in [4.69, 9.17) is 4.74 Å². The number of alkyl halides is 2. The van der Waals surface area contributed by atoms with Crippen molar-refractivity contribution < 1.29 is 27.4 Å². The Kier molecular flexibility index (Phi) is 7.48. The highest BCUT2D eigenvalue weighted by molar-refractivity contribution is 6.01. The number of aromatic nitrogens is 4. The molecule has 2 fully saturated rings. The minimum atomic E-state index is -2.96. The number of carbonyl (C=O) groups excluding carboxylic acids is 1. The first kappa shape index (κ1) is 26.4. The molecule has 0 radical (unpaired) electrons. The van der Waals surface area contributed by atoms with E-state index in [-0.39, 0.29) is 23.4 Å². The van der Waals surface area contributed by atoms with Gasteiger partial charge in [-0.05, 0) is 42.5 Å². The average Bonchev–Trinajstić information content (AvgIpc) is 3.58. The molecule has 208 valence electrons. The zero-order chi connectivity index (χ0) is 27.6. The molecule has 3 aromatic heterocycles. The van der Waals surface area contributed by atoms with Crippen LogP contribution < -0.4 is 4.74 Å². The van der Waals surface area contributed by atoms with Crippen molar-refractivity contribution >= 4 is 16.8 Å². The van der Waals surface area contributed by atoms with Gasteiger partial charge in [-0.15, -0.1) is 0 Å². The zero-order valence-electron chi connectivity index (χ0n) is 21.7. The second-order valence-electron chi connectivity index (χ2n) is 10.1. The summed E-state index contributed by atoms with van der Waals surface area (Å²) in [5, 5.41) is 0. The smallest absolute Gasteiger partial charge is 0.387 e. The Morgan fingerprint density at radius 2 is 1.88 bits per heavy atom. The van der Waals surface area contributed by atoms with Gasteiger partial charge in [0.1, 0.15) is 5.75 Å². The summed E-state index contributed by atoms with van der Waals surface area (Å²) in [6.45, 7) is 0.263. The molecule has 1 aromatic carbocycles. The highest BCUT2D eigenvalue weighted by Crippen LogP contribution is 2.36. The number of fused-ring (bicyclic) bond motifs is 1. The molecule has 1 aliphatic heterocycles. The summed E-state index contributed by atoms with van der Waals surface area (Å²) in [4.78, 5) is 28.8. The molecule has 6 rings (SSSR count). The molecule has 2 aliphatic rings. The molecule has 2 atom stereocenters. The summed E-state index contributed by atoms with van der Waals surface area (Å²) >= 11 is 0. The minimum Gasteiger partial charge on any atom is -0.435 e. The number of hydrogen-bond donors (Lipinski definition) is 0. The summed E-state index contributed by atoms with van der Waals surface area (Å²) in [5.41, 5.74) is 2.71. The Hall–Kier alpha value is -3.83. The molecular weight excluding hydrogens is 523 g/mol. The van der Waals surface area contributed by atoms with Crippen molar-refractivity contribution in [2.75, 3.05) is 26.3 Å². The Morgan fingerprint density at radius 1 is 1.07 bits per heavy atom. The first-order chi connectivity index (χ1) is 19.5. The zero-order valence-corrected chi connectivity index (χ0v) is 21.7. The lowest BCUT2D eigenvalue weighted by Crippen LogP contribution is -2.45. The first-order valence-corrected chi connectivity index (χ1v) is 13.4. The lowest BCUT2D eigenvalue weighted by atomic mass is 9.93. The first-order valence-electron chi connectivity index (χ1n) is 13.4. The van der Waals surface area contributed by atoms with Crippen LogP contribution in [0.25, 0.3) is 28.1 Å². The molecule has 0 N–H and O–H groups in total. The standard InChI is InChI=1S/C29H28F3N5O3/c30-21-15-34-29(35-16-21)37-17-23(18-3-1-5-22(11-18)40-28(31)32)27-25(37)12-20(14-33-27)26(38)13-19-4-2-6-24(19)36-7-9-39-10-8-36/h1,3,5,11-12,14-17,19,24,28H,2,4,6-10,13H2/t19-,24+/m0/s1. The van der Waals surface area contributed by atoms with Crippen LogP contribution in [0.4, 0.5) is 13.2 Å². The summed E-state index contributed by atoms with van der Waals surface area (Å²) in [5.74, 6) is -0.127. The van der Waals surface area contributed by atoms with Crippen molar-refractivity contribution in [2.24, 2.45) is 5.92 Å². The third kappa shape index (κ3) is 5.44. The third-order valence-electron chi connectivity index (χ3n) is 7.74. The Balaban J connectivity index is 1.35. The highest BCUT2D eigenvalue weighted by Gasteiger charge is 2.34. The van der Waals surface area contributed by atoms with Crippen LogP contribution in [0.3, 0.4) is 0 Å². The maximum atomic E-state index is 13.6. The predicted molar refractivity (Wildman–Crippen MR) is 141 cm³/mol. The highest BCUT2D eigenvalue weighted by atomic mass is 19.3. The largest absolute Gasteiger partial charge is 0.435 e. The van der Waals surface area contributed by atoms with Crippen molar-refractivity contribution in [1.29, 1.82) is 0 Å². The van der Waals surface area contributed by atoms with E-state index in [9.17, 15) is 18.0 Å². The molecule has 1 saturated heterocycles. The van der Waals surface area contributed by atoms with Gasteiger partial charge in [-0.1, -0.05) is 18.6 Å². The van der Waals surface area contributed by atoms with Crippen LogP contribution in [0.2, 0.25) is 0 Å². The van der Waals surface area contributed by atoms with E-state index in [0.717, 1.165) is 58.0 Å². The Bertz CT molecular complexity index is 1500. The van der Waals surface area contributed by atoms with Crippen molar-refractivity contribution in [3.8, 4) is 22.8 Å². The van der Waals surface area contributed by atoms with Gasteiger partial charge in [0.25, 0.3) is 0 Å². The van der Waals surface area contributed by atoms with Crippen LogP contribution in [-0.2, 0) is 4.74 Å². The van der Waals surface area contributed by atoms with E-state index in [1.807, 2.05) is 0 Å². The van der Waals surface area contributed by atoms with Gasteiger partial charge in [-0.2, -0.15) is 8.78 Å². The van der Waals surface area contributed by atoms with Crippen LogP contribution in [0, 0.1) is 11.7 Å². The summed E-state index contributed by atoms with van der Waals surface area (Å²) in [6, 6.07) is 8.40. The van der Waals surface area contributed by atoms with E-state index in [1.165, 1.54) is 12.1 Å². The number of ketones is 1. The molecule has 1 aliphatic carbocycles. The fraction of sp³-hybridized carbons (Fsp3) is 0.379. The van der Waals surface area contributed by atoms with Gasteiger partial charge < -0.3 is 9.47 Å². The SMILES string of the molecule is O=C(C[C@@H]1CCC[C@H]1N1CCOCC1)c1cnc2c(-c3cccc(OC(F)F)c3)cn(-c3ncc(F)cn3)c2c1. The van der Waals surface area contributed by atoms with Gasteiger partial charge in [0.15, 0.2) is 11.6 Å². The van der Waals surface area contributed by atoms with Crippen LogP contribution >= 0.6 is 0 Å². The van der Waals surface area contributed by atoms with Gasteiger partial charge in [0.2, 0.25) is 5.95 Å². The number of morpholine rings is 1. The molecule has 0 bridgehead atoms. The number of benzene rings is 1. The van der Waals surface area contributed by atoms with Gasteiger partial charge >= 0.3 is 6.61 Å². The second-order valence-corrected chi connectivity index (χ2v) is 10.1. The van der Waals surface area contributed by atoms with E-state index in [1.54, 1.807) is 35.2 Å². The monoisotopic (exact) mass is 551 g/mol. The van der Waals surface area contributed by atoms with E-state index < -0.39 is 12.4 Å². The topological polar surface area (TPSA) is 82.4 Å². The molecule has 4 aromatic rings. The average molecular weight is 552 g/mol. The maximum Gasteiger partial charge on any atom is 0.387 e. The lowest BCUT2D eigenvalue weighted by molar-refractivity contribution is -0.0498. The second kappa shape index (κ2) is 11.3. The number of hydrogen-bond acceptors (Lipinski definition) is 7. The quantitative estimate of drug-likeness (QED) is 0.275. The number of Topliss-reactive ketones (excluding diaryl/α,β-unsaturated/α-hetero) is 1. The Labute approximate surface area is 228 Å². The lowest BCUT2D eigenvalue weighted by Gasteiger charge is -2.35. The van der Waals surface area contributed by atoms with Crippen molar-refractivity contribution in [3.63, 3.8) is 0 Å². The molecule has 1 saturated carbocycles. The molecular formula is C29H28F3N5O3. The molecule has 0 amide bonds. The number of pyridine rings is 1. The number of carbonyl (C=O) groups is 1. The molecule has 0 spiro atoms. The van der Waals surface area contributed by atoms with E-state index in [2.05, 4.69) is 24.6 Å². The van der Waals surface area contributed by atoms with Gasteiger partial charge in [-0.25, -0.2) is 14.4 Å². The van der Waals surface area contributed by atoms with Crippen LogP contribution in [0.15, 0.2) is 55.1 Å². The Morgan fingerprint density at radius 3 is 2.65 bits per heavy atom. The molecule has 11 heteroatoms. The van der Waals surface area contributed by atoms with Crippen LogP contribution in [-0.4, -0.2) is 69.2 Å². The summed E-state index contributed by atoms with van der Waals surface area (Å²) < 4.78 is 51.0. The van der Waals surface area contributed by atoms with Crippen molar-refractivity contribution in [2.45, 2.75) is 38.3 Å². The molecule has 40 heavy (non-hydrogen) atoms. The van der Waals surface area contributed by atoms with Gasteiger partial charge in [0.05, 0.1) is 36.6 Å². The normalized spacial score (nSPS) is 19.9. The van der Waals surface area contributed by atoms with E-state index >= 15 is 0 Å². The minimum absolute atomic E-state index is 0.00112.